The van der Waals surface area contributed by atoms with Gasteiger partial charge in [-0.25, -0.2) is 4.99 Å². The van der Waals surface area contributed by atoms with Crippen molar-refractivity contribution in [3.05, 3.63) is 83.9 Å². The normalized spacial score (nSPS) is 12.0. The maximum Gasteiger partial charge on any atom is 0.0794 e. The van der Waals surface area contributed by atoms with E-state index in [1.54, 1.807) is 0 Å². The lowest BCUT2D eigenvalue weighted by molar-refractivity contribution is 1.38. The van der Waals surface area contributed by atoms with Gasteiger partial charge >= 0.3 is 0 Å². The van der Waals surface area contributed by atoms with Crippen molar-refractivity contribution in [2.45, 2.75) is 4.90 Å². The van der Waals surface area contributed by atoms with Crippen molar-refractivity contribution in [1.29, 1.82) is 0 Å². The van der Waals surface area contributed by atoms with Crippen molar-refractivity contribution in [3.63, 3.8) is 0 Å². The molecule has 4 rings (SSSR count). The van der Waals surface area contributed by atoms with E-state index in [2.05, 4.69) is 61.2 Å². The molecule has 0 spiro atoms. The van der Waals surface area contributed by atoms with Gasteiger partial charge in [0.2, 0.25) is 0 Å². The molecule has 1 aliphatic carbocycles. The highest BCUT2D eigenvalue weighted by Crippen LogP contribution is 2.38. The van der Waals surface area contributed by atoms with Gasteiger partial charge in [0.05, 0.1) is 11.4 Å². The molecule has 21 heavy (non-hydrogen) atoms. The highest BCUT2D eigenvalue weighted by molar-refractivity contribution is 7.80. The molecule has 0 unspecified atom stereocenters. The van der Waals surface area contributed by atoms with Gasteiger partial charge in [-0.1, -0.05) is 60.7 Å². The van der Waals surface area contributed by atoms with Crippen molar-refractivity contribution < 1.29 is 0 Å². The first-order valence-corrected chi connectivity index (χ1v) is 7.35. The number of hydrogen-bond donors (Lipinski definition) is 1. The van der Waals surface area contributed by atoms with Crippen LogP contribution < -0.4 is 0 Å². The summed E-state index contributed by atoms with van der Waals surface area (Å²) in [5, 5.41) is 0. The highest BCUT2D eigenvalue weighted by Gasteiger charge is 2.23. The highest BCUT2D eigenvalue weighted by atomic mass is 32.1. The molecule has 0 aliphatic heterocycles. The van der Waals surface area contributed by atoms with Crippen LogP contribution in [-0.2, 0) is 0 Å². The lowest BCUT2D eigenvalue weighted by atomic mass is 10.1. The first kappa shape index (κ1) is 12.4. The zero-order valence-electron chi connectivity index (χ0n) is 11.3. The summed E-state index contributed by atoms with van der Waals surface area (Å²) in [7, 11) is 0. The van der Waals surface area contributed by atoms with Crippen LogP contribution in [0.2, 0.25) is 0 Å². The van der Waals surface area contributed by atoms with Crippen molar-refractivity contribution >= 4 is 24.0 Å². The zero-order valence-corrected chi connectivity index (χ0v) is 12.2. The molecule has 0 N–H and O–H groups in total. The molecule has 3 aromatic rings. The van der Waals surface area contributed by atoms with Crippen molar-refractivity contribution in [3.8, 4) is 11.1 Å². The van der Waals surface area contributed by atoms with Gasteiger partial charge in [0, 0.05) is 16.0 Å². The van der Waals surface area contributed by atoms with Crippen molar-refractivity contribution in [2.75, 3.05) is 0 Å². The smallest absolute Gasteiger partial charge is 0.0794 e. The number of rotatable bonds is 1. The number of hydrogen-bond acceptors (Lipinski definition) is 2. The fraction of sp³-hybridized carbons (Fsp3) is 0. The van der Waals surface area contributed by atoms with Crippen LogP contribution in [0.3, 0.4) is 0 Å². The molecule has 0 atom stereocenters. The minimum atomic E-state index is 0.895. The molecule has 0 saturated carbocycles. The van der Waals surface area contributed by atoms with Crippen LogP contribution in [0.5, 0.6) is 0 Å². The van der Waals surface area contributed by atoms with Gasteiger partial charge < -0.3 is 0 Å². The molecule has 0 fully saturated rings. The Morgan fingerprint density at radius 3 is 1.62 bits per heavy atom. The number of benzene rings is 3. The van der Waals surface area contributed by atoms with Crippen LogP contribution in [-0.4, -0.2) is 5.71 Å². The van der Waals surface area contributed by atoms with E-state index in [9.17, 15) is 0 Å². The number of fused-ring (bicyclic) bond motifs is 3. The number of aliphatic imine (C=N–C) groups is 1. The average Bonchev–Trinajstić information content (AvgIpc) is 2.85. The summed E-state index contributed by atoms with van der Waals surface area (Å²) in [5.74, 6) is 0. The Morgan fingerprint density at radius 1 is 0.571 bits per heavy atom. The summed E-state index contributed by atoms with van der Waals surface area (Å²) in [6.45, 7) is 0. The van der Waals surface area contributed by atoms with Crippen LogP contribution in [0.1, 0.15) is 11.1 Å². The second-order valence-corrected chi connectivity index (χ2v) is 5.52. The summed E-state index contributed by atoms with van der Waals surface area (Å²) in [6.07, 6.45) is 0. The molecule has 100 valence electrons. The minimum absolute atomic E-state index is 0.895. The van der Waals surface area contributed by atoms with Gasteiger partial charge in [0.1, 0.15) is 0 Å². The third kappa shape index (κ3) is 1.99. The summed E-state index contributed by atoms with van der Waals surface area (Å²) < 4.78 is 0. The molecule has 0 heterocycles. The second-order valence-electron chi connectivity index (χ2n) is 5.04. The Kier molecular flexibility index (Phi) is 2.90. The predicted molar refractivity (Wildman–Crippen MR) is 90.9 cm³/mol. The van der Waals surface area contributed by atoms with Gasteiger partial charge in [0.15, 0.2) is 0 Å². The van der Waals surface area contributed by atoms with Gasteiger partial charge in [0.25, 0.3) is 0 Å². The fourth-order valence-corrected chi connectivity index (χ4v) is 3.00. The zero-order chi connectivity index (χ0) is 14.2. The van der Waals surface area contributed by atoms with E-state index in [0.29, 0.717) is 0 Å². The molecular weight excluding hydrogens is 274 g/mol. The topological polar surface area (TPSA) is 12.4 Å². The summed E-state index contributed by atoms with van der Waals surface area (Å²) in [4.78, 5) is 5.78. The molecule has 0 bridgehead atoms. The van der Waals surface area contributed by atoms with E-state index in [0.717, 1.165) is 16.3 Å². The molecule has 1 nitrogen and oxygen atoms in total. The number of thiol groups is 1. The molecule has 0 radical (unpaired) electrons. The molecule has 0 amide bonds. The lowest BCUT2D eigenvalue weighted by Crippen LogP contribution is -1.97. The van der Waals surface area contributed by atoms with E-state index in [1.165, 1.54) is 22.3 Å². The Balaban J connectivity index is 1.99. The summed E-state index contributed by atoms with van der Waals surface area (Å²) in [6, 6.07) is 24.8. The lowest BCUT2D eigenvalue weighted by Gasteiger charge is -2.04. The fourth-order valence-electron chi connectivity index (χ4n) is 2.79. The van der Waals surface area contributed by atoms with Crippen LogP contribution in [0.4, 0.5) is 5.69 Å². The maximum atomic E-state index is 4.88. The van der Waals surface area contributed by atoms with Crippen LogP contribution in [0, 0.1) is 0 Å². The van der Waals surface area contributed by atoms with Crippen LogP contribution >= 0.6 is 12.6 Å². The SMILES string of the molecule is Sc1ccccc1N=C1c2ccccc2-c2ccccc21. The van der Waals surface area contributed by atoms with E-state index >= 15 is 0 Å². The Labute approximate surface area is 129 Å². The Hall–Kier alpha value is -2.32. The molecular formula is C19H13NS. The third-order valence-electron chi connectivity index (χ3n) is 3.77. The van der Waals surface area contributed by atoms with Gasteiger partial charge in [-0.05, 0) is 23.3 Å². The number of para-hydroxylation sites is 1. The maximum absolute atomic E-state index is 4.88. The minimum Gasteiger partial charge on any atom is -0.247 e. The molecule has 3 aromatic carbocycles. The molecule has 0 aromatic heterocycles. The third-order valence-corrected chi connectivity index (χ3v) is 4.15. The number of nitrogens with zero attached hydrogens (tertiary/aromatic N) is 1. The van der Waals surface area contributed by atoms with Gasteiger partial charge in [-0.2, -0.15) is 0 Å². The van der Waals surface area contributed by atoms with Crippen LogP contribution in [0.25, 0.3) is 11.1 Å². The van der Waals surface area contributed by atoms with Crippen LogP contribution in [0.15, 0.2) is 82.7 Å². The second kappa shape index (κ2) is 4.90. The first-order chi connectivity index (χ1) is 10.3. The molecule has 2 heteroatoms. The van der Waals surface area contributed by atoms with E-state index in [4.69, 9.17) is 4.99 Å². The van der Waals surface area contributed by atoms with Gasteiger partial charge in [-0.3, -0.25) is 0 Å². The monoisotopic (exact) mass is 287 g/mol. The van der Waals surface area contributed by atoms with Crippen molar-refractivity contribution in [1.82, 2.24) is 0 Å². The van der Waals surface area contributed by atoms with E-state index in [1.807, 2.05) is 24.3 Å². The molecule has 1 aliphatic rings. The summed E-state index contributed by atoms with van der Waals surface area (Å²) in [5.41, 5.74) is 6.82. The standard InChI is InChI=1S/C19H13NS/c21-18-12-6-5-11-17(18)20-19-15-9-3-1-7-13(15)14-8-2-4-10-16(14)19/h1-12,21H. The van der Waals surface area contributed by atoms with Gasteiger partial charge in [-0.15, -0.1) is 12.6 Å². The quantitative estimate of drug-likeness (QED) is 0.466. The average molecular weight is 287 g/mol. The molecule has 0 saturated heterocycles. The van der Waals surface area contributed by atoms with Crippen molar-refractivity contribution in [2.24, 2.45) is 4.99 Å². The largest absolute Gasteiger partial charge is 0.247 e. The first-order valence-electron chi connectivity index (χ1n) is 6.90. The van der Waals surface area contributed by atoms with E-state index in [-0.39, 0.29) is 0 Å². The van der Waals surface area contributed by atoms with E-state index < -0.39 is 0 Å². The Bertz CT molecular complexity index is 817. The Morgan fingerprint density at radius 2 is 1.05 bits per heavy atom. The summed E-state index contributed by atoms with van der Waals surface area (Å²) >= 11 is 4.50. The predicted octanol–water partition coefficient (Wildman–Crippen LogP) is 5.12.